The highest BCUT2D eigenvalue weighted by molar-refractivity contribution is 9.10. The van der Waals surface area contributed by atoms with Gasteiger partial charge in [0.1, 0.15) is 5.82 Å². The van der Waals surface area contributed by atoms with Crippen LogP contribution in [0, 0.1) is 19.7 Å². The summed E-state index contributed by atoms with van der Waals surface area (Å²) < 4.78 is 15.2. The minimum Gasteiger partial charge on any atom is -0.309 e. The van der Waals surface area contributed by atoms with Crippen molar-refractivity contribution in [2.45, 2.75) is 19.9 Å². The van der Waals surface area contributed by atoms with Crippen LogP contribution in [0.3, 0.4) is 0 Å². The van der Waals surface area contributed by atoms with Crippen LogP contribution in [-0.2, 0) is 0 Å². The lowest BCUT2D eigenvalue weighted by Gasteiger charge is -2.22. The average Bonchev–Trinajstić information content (AvgIpc) is 2.37. The Morgan fingerprint density at radius 2 is 1.95 bits per heavy atom. The molecule has 0 fully saturated rings. The van der Waals surface area contributed by atoms with Gasteiger partial charge in [-0.2, -0.15) is 0 Å². The Hall–Kier alpha value is -0.900. The first kappa shape index (κ1) is 15.5. The molecule has 0 bridgehead atoms. The highest BCUT2D eigenvalue weighted by Gasteiger charge is 2.21. The third kappa shape index (κ3) is 2.90. The summed E-state index contributed by atoms with van der Waals surface area (Å²) in [4.78, 5) is 0. The molecule has 0 saturated carbocycles. The van der Waals surface area contributed by atoms with Crippen LogP contribution in [-0.4, -0.2) is 7.05 Å². The molecule has 20 heavy (non-hydrogen) atoms. The molecule has 4 heteroatoms. The van der Waals surface area contributed by atoms with E-state index in [0.29, 0.717) is 10.6 Å². The van der Waals surface area contributed by atoms with E-state index in [0.717, 1.165) is 21.2 Å². The molecule has 0 aliphatic rings. The van der Waals surface area contributed by atoms with E-state index in [1.54, 1.807) is 13.1 Å². The maximum atomic E-state index is 14.4. The summed E-state index contributed by atoms with van der Waals surface area (Å²) in [5, 5.41) is 3.76. The number of aryl methyl sites for hydroxylation is 2. The first-order valence-electron chi connectivity index (χ1n) is 6.33. The van der Waals surface area contributed by atoms with E-state index in [4.69, 9.17) is 11.6 Å². The van der Waals surface area contributed by atoms with Crippen molar-refractivity contribution in [3.63, 3.8) is 0 Å². The molecular weight excluding hydrogens is 341 g/mol. The molecule has 106 valence electrons. The van der Waals surface area contributed by atoms with E-state index in [-0.39, 0.29) is 11.9 Å². The summed E-state index contributed by atoms with van der Waals surface area (Å²) in [5.74, 6) is -0.210. The van der Waals surface area contributed by atoms with Gasteiger partial charge in [0.05, 0.1) is 11.1 Å². The van der Waals surface area contributed by atoms with Crippen molar-refractivity contribution < 1.29 is 4.39 Å². The summed E-state index contributed by atoms with van der Waals surface area (Å²) in [6.45, 7) is 3.81. The topological polar surface area (TPSA) is 12.0 Å². The summed E-state index contributed by atoms with van der Waals surface area (Å²) in [6.07, 6.45) is 0. The van der Waals surface area contributed by atoms with Gasteiger partial charge in [-0.15, -0.1) is 0 Å². The molecule has 0 amide bonds. The molecule has 1 nitrogen and oxygen atoms in total. The van der Waals surface area contributed by atoms with Gasteiger partial charge in [0.15, 0.2) is 0 Å². The second-order valence-corrected chi connectivity index (χ2v) is 6.07. The zero-order valence-electron chi connectivity index (χ0n) is 11.6. The standard InChI is InChI=1S/C16H16BrClFN/c1-9-7-10(2)14(13(19)8-9)16(20-3)11-5-4-6-12(17)15(11)18/h4-8,16,20H,1-3H3. The molecule has 2 rings (SSSR count). The third-order valence-electron chi connectivity index (χ3n) is 3.35. The van der Waals surface area contributed by atoms with Crippen LogP contribution in [0.5, 0.6) is 0 Å². The van der Waals surface area contributed by atoms with E-state index in [9.17, 15) is 4.39 Å². The van der Waals surface area contributed by atoms with Crippen LogP contribution in [0.15, 0.2) is 34.8 Å². The number of hydrogen-bond donors (Lipinski definition) is 1. The third-order valence-corrected chi connectivity index (χ3v) is 4.66. The number of benzene rings is 2. The Morgan fingerprint density at radius 3 is 2.55 bits per heavy atom. The second kappa shape index (κ2) is 6.25. The average molecular weight is 357 g/mol. The minimum absolute atomic E-state index is 0.210. The van der Waals surface area contributed by atoms with Gasteiger partial charge in [0.25, 0.3) is 0 Å². The normalized spacial score (nSPS) is 12.5. The van der Waals surface area contributed by atoms with E-state index < -0.39 is 0 Å². The number of hydrogen-bond acceptors (Lipinski definition) is 1. The fourth-order valence-corrected chi connectivity index (χ4v) is 3.11. The van der Waals surface area contributed by atoms with Crippen LogP contribution in [0.2, 0.25) is 5.02 Å². The molecule has 0 aliphatic carbocycles. The fourth-order valence-electron chi connectivity index (χ4n) is 2.49. The van der Waals surface area contributed by atoms with Crippen molar-refractivity contribution in [1.82, 2.24) is 5.32 Å². The number of rotatable bonds is 3. The Balaban J connectivity index is 2.62. The predicted molar refractivity (Wildman–Crippen MR) is 85.9 cm³/mol. The second-order valence-electron chi connectivity index (χ2n) is 4.84. The molecule has 0 spiro atoms. The van der Waals surface area contributed by atoms with Gasteiger partial charge in [-0.3, -0.25) is 0 Å². The quantitative estimate of drug-likeness (QED) is 0.800. The van der Waals surface area contributed by atoms with Crippen LogP contribution in [0.25, 0.3) is 0 Å². The van der Waals surface area contributed by atoms with Crippen LogP contribution >= 0.6 is 27.5 Å². The lowest BCUT2D eigenvalue weighted by atomic mass is 9.93. The lowest BCUT2D eigenvalue weighted by molar-refractivity contribution is 0.572. The van der Waals surface area contributed by atoms with Crippen LogP contribution in [0.4, 0.5) is 4.39 Å². The first-order chi connectivity index (χ1) is 9.45. The zero-order chi connectivity index (χ0) is 14.9. The molecule has 0 heterocycles. The van der Waals surface area contributed by atoms with Crippen molar-refractivity contribution in [2.24, 2.45) is 0 Å². The van der Waals surface area contributed by atoms with Crippen molar-refractivity contribution in [2.75, 3.05) is 7.05 Å². The maximum Gasteiger partial charge on any atom is 0.128 e. The maximum absolute atomic E-state index is 14.4. The fraction of sp³-hybridized carbons (Fsp3) is 0.250. The predicted octanol–water partition coefficient (Wildman–Crippen LogP) is 5.17. The van der Waals surface area contributed by atoms with Gasteiger partial charge in [0.2, 0.25) is 0 Å². The van der Waals surface area contributed by atoms with Crippen molar-refractivity contribution in [3.8, 4) is 0 Å². The van der Waals surface area contributed by atoms with E-state index >= 15 is 0 Å². The minimum atomic E-state index is -0.277. The Labute approximate surface area is 132 Å². The Bertz CT molecular complexity index is 619. The zero-order valence-corrected chi connectivity index (χ0v) is 13.9. The molecule has 0 radical (unpaired) electrons. The van der Waals surface area contributed by atoms with Crippen molar-refractivity contribution in [3.05, 3.63) is 67.9 Å². The molecule has 0 aromatic heterocycles. The summed E-state index contributed by atoms with van der Waals surface area (Å²) >= 11 is 9.75. The van der Waals surface area contributed by atoms with Gasteiger partial charge >= 0.3 is 0 Å². The van der Waals surface area contributed by atoms with Gasteiger partial charge in [0, 0.05) is 10.0 Å². The molecule has 0 saturated heterocycles. The smallest absolute Gasteiger partial charge is 0.128 e. The van der Waals surface area contributed by atoms with Gasteiger partial charge in [-0.25, -0.2) is 4.39 Å². The van der Waals surface area contributed by atoms with E-state index in [1.165, 1.54) is 0 Å². The molecule has 2 aromatic rings. The largest absolute Gasteiger partial charge is 0.309 e. The highest BCUT2D eigenvalue weighted by atomic mass is 79.9. The van der Waals surface area contributed by atoms with Gasteiger partial charge in [-0.05, 0) is 65.6 Å². The summed E-state index contributed by atoms with van der Waals surface area (Å²) in [5.41, 5.74) is 3.32. The first-order valence-corrected chi connectivity index (χ1v) is 7.50. The van der Waals surface area contributed by atoms with Crippen LogP contribution in [0.1, 0.15) is 28.3 Å². The lowest BCUT2D eigenvalue weighted by Crippen LogP contribution is -2.20. The van der Waals surface area contributed by atoms with Crippen molar-refractivity contribution in [1.29, 1.82) is 0 Å². The molecular formula is C16H16BrClFN. The van der Waals surface area contributed by atoms with E-state index in [2.05, 4.69) is 21.2 Å². The number of halogens is 3. The Kier molecular flexibility index (Phi) is 4.84. The highest BCUT2D eigenvalue weighted by Crippen LogP contribution is 2.35. The SMILES string of the molecule is CNC(c1cccc(Br)c1Cl)c1c(C)cc(C)cc1F. The van der Waals surface area contributed by atoms with Crippen molar-refractivity contribution >= 4 is 27.5 Å². The molecule has 2 aromatic carbocycles. The monoisotopic (exact) mass is 355 g/mol. The molecule has 0 aliphatic heterocycles. The van der Waals surface area contributed by atoms with Crippen LogP contribution < -0.4 is 5.32 Å². The van der Waals surface area contributed by atoms with Gasteiger partial charge in [-0.1, -0.05) is 29.8 Å². The molecule has 1 N–H and O–H groups in total. The summed E-state index contributed by atoms with van der Waals surface area (Å²) in [6, 6.07) is 8.94. The molecule has 1 unspecified atom stereocenters. The molecule has 1 atom stereocenters. The van der Waals surface area contributed by atoms with Gasteiger partial charge < -0.3 is 5.32 Å². The van der Waals surface area contributed by atoms with E-state index in [1.807, 2.05) is 38.1 Å². The number of nitrogens with one attached hydrogen (secondary N) is 1. The Morgan fingerprint density at radius 1 is 1.25 bits per heavy atom. The summed E-state index contributed by atoms with van der Waals surface area (Å²) in [7, 11) is 1.81.